The van der Waals surface area contributed by atoms with E-state index in [-0.39, 0.29) is 18.1 Å². The van der Waals surface area contributed by atoms with Crippen LogP contribution in [0.1, 0.15) is 17.5 Å². The molecule has 0 saturated carbocycles. The van der Waals surface area contributed by atoms with Crippen molar-refractivity contribution >= 4 is 5.91 Å². The van der Waals surface area contributed by atoms with Crippen LogP contribution in [0, 0.1) is 5.82 Å². The average Bonchev–Trinajstić information content (AvgIpc) is 2.47. The molecule has 2 rings (SSSR count). The van der Waals surface area contributed by atoms with Crippen molar-refractivity contribution in [3.8, 4) is 0 Å². The maximum atomic E-state index is 13.4. The molecule has 20 heavy (non-hydrogen) atoms. The SMILES string of the molecule is O=C(CCc1ccccc1F)NOCc1ccccc1. The second kappa shape index (κ2) is 7.40. The minimum atomic E-state index is -0.287. The van der Waals surface area contributed by atoms with E-state index in [4.69, 9.17) is 4.84 Å². The number of hydrogen-bond donors (Lipinski definition) is 1. The summed E-state index contributed by atoms with van der Waals surface area (Å²) in [6.45, 7) is 0.312. The van der Waals surface area contributed by atoms with Crippen LogP contribution in [0.4, 0.5) is 4.39 Å². The van der Waals surface area contributed by atoms with Gasteiger partial charge in [0.1, 0.15) is 5.82 Å². The summed E-state index contributed by atoms with van der Waals surface area (Å²) < 4.78 is 13.4. The van der Waals surface area contributed by atoms with Crippen molar-refractivity contribution in [3.05, 3.63) is 71.5 Å². The van der Waals surface area contributed by atoms with Gasteiger partial charge in [0.2, 0.25) is 5.91 Å². The molecule has 0 fully saturated rings. The number of benzene rings is 2. The summed E-state index contributed by atoms with van der Waals surface area (Å²) in [5.74, 6) is -0.547. The Hall–Kier alpha value is -2.20. The van der Waals surface area contributed by atoms with Crippen LogP contribution in [0.5, 0.6) is 0 Å². The summed E-state index contributed by atoms with van der Waals surface area (Å²) in [4.78, 5) is 16.7. The van der Waals surface area contributed by atoms with E-state index in [1.807, 2.05) is 30.3 Å². The highest BCUT2D eigenvalue weighted by atomic mass is 19.1. The first kappa shape index (κ1) is 14.2. The molecule has 0 heterocycles. The van der Waals surface area contributed by atoms with Crippen molar-refractivity contribution in [1.82, 2.24) is 5.48 Å². The fourth-order valence-electron chi connectivity index (χ4n) is 1.77. The first-order chi connectivity index (χ1) is 9.75. The molecule has 0 atom stereocenters. The van der Waals surface area contributed by atoms with E-state index in [1.54, 1.807) is 18.2 Å². The van der Waals surface area contributed by atoms with E-state index in [0.29, 0.717) is 18.6 Å². The second-order valence-corrected chi connectivity index (χ2v) is 4.39. The van der Waals surface area contributed by atoms with Gasteiger partial charge in [0.25, 0.3) is 0 Å². The van der Waals surface area contributed by atoms with Crippen LogP contribution in [0.2, 0.25) is 0 Å². The molecule has 0 aliphatic heterocycles. The molecule has 0 aliphatic carbocycles. The van der Waals surface area contributed by atoms with Crippen molar-refractivity contribution < 1.29 is 14.0 Å². The van der Waals surface area contributed by atoms with Gasteiger partial charge in [-0.2, -0.15) is 0 Å². The maximum Gasteiger partial charge on any atom is 0.243 e. The molecule has 2 aromatic carbocycles. The van der Waals surface area contributed by atoms with Crippen molar-refractivity contribution in [2.75, 3.05) is 0 Å². The summed E-state index contributed by atoms with van der Waals surface area (Å²) >= 11 is 0. The molecule has 3 nitrogen and oxygen atoms in total. The fraction of sp³-hybridized carbons (Fsp3) is 0.188. The van der Waals surface area contributed by atoms with Gasteiger partial charge in [-0.3, -0.25) is 9.63 Å². The zero-order valence-corrected chi connectivity index (χ0v) is 11.0. The van der Waals surface area contributed by atoms with Gasteiger partial charge in [0.05, 0.1) is 6.61 Å². The average molecular weight is 273 g/mol. The lowest BCUT2D eigenvalue weighted by molar-refractivity contribution is -0.134. The molecule has 0 aromatic heterocycles. The summed E-state index contributed by atoms with van der Waals surface area (Å²) in [5, 5.41) is 0. The van der Waals surface area contributed by atoms with Crippen LogP contribution in [0.3, 0.4) is 0 Å². The van der Waals surface area contributed by atoms with Crippen LogP contribution in [0.25, 0.3) is 0 Å². The fourth-order valence-corrected chi connectivity index (χ4v) is 1.77. The zero-order valence-electron chi connectivity index (χ0n) is 11.0. The standard InChI is InChI=1S/C16H16FNO2/c17-15-9-5-4-8-14(15)10-11-16(19)18-20-12-13-6-2-1-3-7-13/h1-9H,10-12H2,(H,18,19). The molecule has 0 bridgehead atoms. The van der Waals surface area contributed by atoms with Crippen LogP contribution >= 0.6 is 0 Å². The quantitative estimate of drug-likeness (QED) is 0.822. The highest BCUT2D eigenvalue weighted by molar-refractivity contribution is 5.75. The summed E-state index contributed by atoms with van der Waals surface area (Å²) in [5.41, 5.74) is 3.87. The topological polar surface area (TPSA) is 38.3 Å². The van der Waals surface area contributed by atoms with E-state index >= 15 is 0 Å². The molecule has 4 heteroatoms. The molecule has 0 saturated heterocycles. The number of rotatable bonds is 6. The number of hydroxylamine groups is 1. The largest absolute Gasteiger partial charge is 0.273 e. The van der Waals surface area contributed by atoms with Gasteiger partial charge in [-0.05, 0) is 23.6 Å². The Bertz CT molecular complexity index is 557. The smallest absolute Gasteiger partial charge is 0.243 e. The summed E-state index contributed by atoms with van der Waals surface area (Å²) in [6, 6.07) is 16.0. The summed E-state index contributed by atoms with van der Waals surface area (Å²) in [7, 11) is 0. The molecule has 0 unspecified atom stereocenters. The number of nitrogens with one attached hydrogen (secondary N) is 1. The molecule has 1 N–H and O–H groups in total. The van der Waals surface area contributed by atoms with Gasteiger partial charge in [0.15, 0.2) is 0 Å². The number of carbonyl (C=O) groups is 1. The normalized spacial score (nSPS) is 10.2. The molecule has 2 aromatic rings. The van der Waals surface area contributed by atoms with E-state index in [0.717, 1.165) is 5.56 Å². The third kappa shape index (κ3) is 4.48. The van der Waals surface area contributed by atoms with Gasteiger partial charge in [0, 0.05) is 6.42 Å². The van der Waals surface area contributed by atoms with Gasteiger partial charge >= 0.3 is 0 Å². The lowest BCUT2D eigenvalue weighted by Gasteiger charge is -2.06. The highest BCUT2D eigenvalue weighted by Gasteiger charge is 2.05. The van der Waals surface area contributed by atoms with Gasteiger partial charge in [-0.1, -0.05) is 48.5 Å². The van der Waals surface area contributed by atoms with Crippen molar-refractivity contribution in [2.24, 2.45) is 0 Å². The number of amides is 1. The molecular weight excluding hydrogens is 257 g/mol. The summed E-state index contributed by atoms with van der Waals surface area (Å²) in [6.07, 6.45) is 0.545. The van der Waals surface area contributed by atoms with Crippen LogP contribution < -0.4 is 5.48 Å². The van der Waals surface area contributed by atoms with E-state index in [2.05, 4.69) is 5.48 Å². The minimum absolute atomic E-state index is 0.190. The Morgan fingerprint density at radius 2 is 1.75 bits per heavy atom. The van der Waals surface area contributed by atoms with Gasteiger partial charge in [-0.25, -0.2) is 9.87 Å². The monoisotopic (exact) mass is 273 g/mol. The van der Waals surface area contributed by atoms with E-state index in [1.165, 1.54) is 6.07 Å². The second-order valence-electron chi connectivity index (χ2n) is 4.39. The predicted molar refractivity (Wildman–Crippen MR) is 74.1 cm³/mol. The molecule has 0 spiro atoms. The Morgan fingerprint density at radius 3 is 2.50 bits per heavy atom. The lowest BCUT2D eigenvalue weighted by Crippen LogP contribution is -2.23. The molecule has 0 radical (unpaired) electrons. The van der Waals surface area contributed by atoms with Crippen LogP contribution in [-0.2, 0) is 22.7 Å². The molecule has 0 aliphatic rings. The molecule has 1 amide bonds. The van der Waals surface area contributed by atoms with Crippen LogP contribution in [-0.4, -0.2) is 5.91 Å². The van der Waals surface area contributed by atoms with Crippen LogP contribution in [0.15, 0.2) is 54.6 Å². The van der Waals surface area contributed by atoms with Gasteiger partial charge in [-0.15, -0.1) is 0 Å². The number of hydrogen-bond acceptors (Lipinski definition) is 2. The Balaban J connectivity index is 1.70. The molecular formula is C16H16FNO2. The van der Waals surface area contributed by atoms with E-state index < -0.39 is 0 Å². The Kier molecular flexibility index (Phi) is 5.26. The maximum absolute atomic E-state index is 13.4. The highest BCUT2D eigenvalue weighted by Crippen LogP contribution is 2.08. The van der Waals surface area contributed by atoms with E-state index in [9.17, 15) is 9.18 Å². The number of halogens is 1. The lowest BCUT2D eigenvalue weighted by atomic mass is 10.1. The third-order valence-corrected chi connectivity index (χ3v) is 2.85. The third-order valence-electron chi connectivity index (χ3n) is 2.85. The van der Waals surface area contributed by atoms with Crippen molar-refractivity contribution in [1.29, 1.82) is 0 Å². The number of aryl methyl sites for hydroxylation is 1. The number of carbonyl (C=O) groups excluding carboxylic acids is 1. The Labute approximate surface area is 117 Å². The van der Waals surface area contributed by atoms with Gasteiger partial charge < -0.3 is 0 Å². The molecule has 104 valence electrons. The Morgan fingerprint density at radius 1 is 1.05 bits per heavy atom. The van der Waals surface area contributed by atoms with Crippen molar-refractivity contribution in [2.45, 2.75) is 19.4 Å². The minimum Gasteiger partial charge on any atom is -0.273 e. The predicted octanol–water partition coefficient (Wildman–Crippen LogP) is 3.01. The first-order valence-electron chi connectivity index (χ1n) is 6.43. The van der Waals surface area contributed by atoms with Crippen molar-refractivity contribution in [3.63, 3.8) is 0 Å². The zero-order chi connectivity index (χ0) is 14.2. The first-order valence-corrected chi connectivity index (χ1v) is 6.43.